The fourth-order valence-electron chi connectivity index (χ4n) is 2.48. The van der Waals surface area contributed by atoms with Crippen molar-refractivity contribution in [1.82, 2.24) is 0 Å². The second-order valence-corrected chi connectivity index (χ2v) is 5.65. The van der Waals surface area contributed by atoms with E-state index in [1.807, 2.05) is 60.7 Å². The van der Waals surface area contributed by atoms with E-state index in [2.05, 4.69) is 0 Å². The van der Waals surface area contributed by atoms with Crippen LogP contribution in [0.1, 0.15) is 11.1 Å². The quantitative estimate of drug-likeness (QED) is 0.730. The molecule has 4 heteroatoms. The fourth-order valence-corrected chi connectivity index (χ4v) is 2.48. The molecule has 2 aromatic rings. The molecule has 0 aliphatic rings. The van der Waals surface area contributed by atoms with Crippen LogP contribution in [0.3, 0.4) is 0 Å². The highest BCUT2D eigenvalue weighted by Crippen LogP contribution is 2.15. The molecule has 2 rings (SSSR count). The third-order valence-corrected chi connectivity index (χ3v) is 3.81. The topological polar surface area (TPSA) is 74.6 Å². The molecule has 0 fully saturated rings. The van der Waals surface area contributed by atoms with Crippen molar-refractivity contribution in [3.63, 3.8) is 0 Å². The first-order chi connectivity index (χ1) is 11.6. The first-order valence-electron chi connectivity index (χ1n) is 7.78. The molecule has 0 saturated carbocycles. The van der Waals surface area contributed by atoms with Crippen molar-refractivity contribution >= 4 is 11.9 Å². The second kappa shape index (κ2) is 8.67. The molecule has 2 atom stereocenters. The summed E-state index contributed by atoms with van der Waals surface area (Å²) in [6.07, 6.45) is 3.67. The standard InChI is InChI=1S/C20H20O4/c21-19(22)17(13-15-7-3-1-4-8-15)11-12-18(20(23)24)14-16-9-5-2-6-10-16/h1-12,17-18H,13-14H2,(H,21,22)(H,23,24)/t17-,18-/m1/s1. The van der Waals surface area contributed by atoms with Gasteiger partial charge in [-0.05, 0) is 24.0 Å². The summed E-state index contributed by atoms with van der Waals surface area (Å²) >= 11 is 0. The largest absolute Gasteiger partial charge is 0.481 e. The monoisotopic (exact) mass is 324 g/mol. The maximum atomic E-state index is 11.4. The van der Waals surface area contributed by atoms with E-state index < -0.39 is 23.8 Å². The third kappa shape index (κ3) is 5.39. The SMILES string of the molecule is O=C(O)[C@H](C=C[C@H](Cc1ccccc1)C(=O)O)Cc1ccccc1. The van der Waals surface area contributed by atoms with Gasteiger partial charge in [0.2, 0.25) is 0 Å². The van der Waals surface area contributed by atoms with E-state index >= 15 is 0 Å². The lowest BCUT2D eigenvalue weighted by molar-refractivity contribution is -0.141. The molecule has 24 heavy (non-hydrogen) atoms. The smallest absolute Gasteiger partial charge is 0.310 e. The van der Waals surface area contributed by atoms with Crippen LogP contribution in [-0.4, -0.2) is 22.2 Å². The van der Waals surface area contributed by atoms with Gasteiger partial charge in [0.1, 0.15) is 0 Å². The van der Waals surface area contributed by atoms with Gasteiger partial charge >= 0.3 is 11.9 Å². The van der Waals surface area contributed by atoms with Gasteiger partial charge in [-0.15, -0.1) is 0 Å². The fraction of sp³-hybridized carbons (Fsp3) is 0.200. The van der Waals surface area contributed by atoms with Crippen LogP contribution in [0.5, 0.6) is 0 Å². The summed E-state index contributed by atoms with van der Waals surface area (Å²) in [5.41, 5.74) is 1.81. The van der Waals surface area contributed by atoms with Crippen molar-refractivity contribution in [3.8, 4) is 0 Å². The lowest BCUT2D eigenvalue weighted by atomic mass is 9.94. The maximum Gasteiger partial charge on any atom is 0.310 e. The molecule has 124 valence electrons. The molecule has 0 aliphatic carbocycles. The predicted octanol–water partition coefficient (Wildman–Crippen LogP) is 3.43. The van der Waals surface area contributed by atoms with Crippen molar-refractivity contribution < 1.29 is 19.8 Å². The molecule has 0 saturated heterocycles. The van der Waals surface area contributed by atoms with Gasteiger partial charge in [-0.2, -0.15) is 0 Å². The van der Waals surface area contributed by atoms with Crippen LogP contribution in [0, 0.1) is 11.8 Å². The molecule has 2 aromatic carbocycles. The molecule has 0 heterocycles. The van der Waals surface area contributed by atoms with Gasteiger partial charge in [-0.25, -0.2) is 0 Å². The first kappa shape index (κ1) is 17.5. The van der Waals surface area contributed by atoms with Crippen molar-refractivity contribution in [3.05, 3.63) is 83.9 Å². The van der Waals surface area contributed by atoms with Gasteiger partial charge in [-0.3, -0.25) is 9.59 Å². The molecule has 4 nitrogen and oxygen atoms in total. The summed E-state index contributed by atoms with van der Waals surface area (Å²) in [4.78, 5) is 22.9. The molecule has 0 spiro atoms. The van der Waals surface area contributed by atoms with Crippen LogP contribution in [-0.2, 0) is 22.4 Å². The van der Waals surface area contributed by atoms with E-state index in [0.29, 0.717) is 12.8 Å². The molecule has 0 radical (unpaired) electrons. The Labute approximate surface area is 141 Å². The van der Waals surface area contributed by atoms with Gasteiger partial charge in [0, 0.05) is 0 Å². The van der Waals surface area contributed by atoms with E-state index in [9.17, 15) is 19.8 Å². The minimum atomic E-state index is -0.959. The summed E-state index contributed by atoms with van der Waals surface area (Å²) < 4.78 is 0. The molecular weight excluding hydrogens is 304 g/mol. The summed E-state index contributed by atoms with van der Waals surface area (Å²) in [5.74, 6) is -3.41. The van der Waals surface area contributed by atoms with Gasteiger partial charge in [0.05, 0.1) is 11.8 Å². The lowest BCUT2D eigenvalue weighted by Crippen LogP contribution is -2.17. The molecule has 0 unspecified atom stereocenters. The van der Waals surface area contributed by atoms with Crippen LogP contribution < -0.4 is 0 Å². The van der Waals surface area contributed by atoms with E-state index in [-0.39, 0.29) is 0 Å². The van der Waals surface area contributed by atoms with Crippen LogP contribution in [0.2, 0.25) is 0 Å². The maximum absolute atomic E-state index is 11.4. The Balaban J connectivity index is 2.09. The molecular formula is C20H20O4. The van der Waals surface area contributed by atoms with E-state index in [0.717, 1.165) is 11.1 Å². The zero-order valence-corrected chi connectivity index (χ0v) is 13.2. The molecule has 0 aliphatic heterocycles. The molecule has 2 N–H and O–H groups in total. The summed E-state index contributed by atoms with van der Waals surface area (Å²) in [5, 5.41) is 18.8. The number of benzene rings is 2. The molecule has 0 aromatic heterocycles. The van der Waals surface area contributed by atoms with Crippen LogP contribution in [0.25, 0.3) is 0 Å². The highest BCUT2D eigenvalue weighted by atomic mass is 16.4. The van der Waals surface area contributed by atoms with Crippen LogP contribution >= 0.6 is 0 Å². The Morgan fingerprint density at radius 1 is 0.708 bits per heavy atom. The van der Waals surface area contributed by atoms with Crippen LogP contribution in [0.15, 0.2) is 72.8 Å². The minimum Gasteiger partial charge on any atom is -0.481 e. The molecule has 0 amide bonds. The lowest BCUT2D eigenvalue weighted by Gasteiger charge is -2.11. The second-order valence-electron chi connectivity index (χ2n) is 5.65. The zero-order chi connectivity index (χ0) is 17.4. The normalized spacial score (nSPS) is 13.5. The zero-order valence-electron chi connectivity index (χ0n) is 13.2. The number of carboxylic acid groups (broad SMARTS) is 2. The van der Waals surface area contributed by atoms with Crippen molar-refractivity contribution in [2.75, 3.05) is 0 Å². The van der Waals surface area contributed by atoms with Crippen molar-refractivity contribution in [1.29, 1.82) is 0 Å². The summed E-state index contributed by atoms with van der Waals surface area (Å²) in [6.45, 7) is 0. The Bertz CT molecular complexity index is 631. The number of rotatable bonds is 8. The Morgan fingerprint density at radius 3 is 1.33 bits per heavy atom. The van der Waals surface area contributed by atoms with E-state index in [1.165, 1.54) is 12.2 Å². The van der Waals surface area contributed by atoms with Crippen molar-refractivity contribution in [2.45, 2.75) is 12.8 Å². The first-order valence-corrected chi connectivity index (χ1v) is 7.78. The Hall–Kier alpha value is -2.88. The van der Waals surface area contributed by atoms with Crippen molar-refractivity contribution in [2.24, 2.45) is 11.8 Å². The Kier molecular flexibility index (Phi) is 6.32. The highest BCUT2D eigenvalue weighted by molar-refractivity contribution is 5.75. The number of hydrogen-bond acceptors (Lipinski definition) is 2. The highest BCUT2D eigenvalue weighted by Gasteiger charge is 2.18. The average Bonchev–Trinajstić information content (AvgIpc) is 2.58. The number of carboxylic acids is 2. The number of aliphatic carboxylic acids is 2. The van der Waals surface area contributed by atoms with Crippen LogP contribution in [0.4, 0.5) is 0 Å². The predicted molar refractivity (Wildman–Crippen MR) is 91.7 cm³/mol. The molecule has 0 bridgehead atoms. The summed E-state index contributed by atoms with van der Waals surface area (Å²) in [6, 6.07) is 18.6. The number of hydrogen-bond donors (Lipinski definition) is 2. The average molecular weight is 324 g/mol. The third-order valence-electron chi connectivity index (χ3n) is 3.81. The van der Waals surface area contributed by atoms with E-state index in [4.69, 9.17) is 0 Å². The van der Waals surface area contributed by atoms with E-state index in [1.54, 1.807) is 0 Å². The van der Waals surface area contributed by atoms with Gasteiger partial charge < -0.3 is 10.2 Å². The number of carbonyl (C=O) groups is 2. The van der Waals surface area contributed by atoms with Gasteiger partial charge in [-0.1, -0.05) is 72.8 Å². The minimum absolute atomic E-state index is 0.338. The summed E-state index contributed by atoms with van der Waals surface area (Å²) in [7, 11) is 0. The van der Waals surface area contributed by atoms with Gasteiger partial charge in [0.15, 0.2) is 0 Å². The Morgan fingerprint density at radius 2 is 1.04 bits per heavy atom. The van der Waals surface area contributed by atoms with Gasteiger partial charge in [0.25, 0.3) is 0 Å².